The van der Waals surface area contributed by atoms with Gasteiger partial charge in [-0.05, 0) is 44.4 Å². The molecule has 26 heavy (non-hydrogen) atoms. The first kappa shape index (κ1) is 18.3. The Morgan fingerprint density at radius 2 is 1.88 bits per heavy atom. The zero-order valence-corrected chi connectivity index (χ0v) is 16.2. The molecular weight excluding hydrogens is 402 g/mol. The van der Waals surface area contributed by atoms with Crippen molar-refractivity contribution in [3.05, 3.63) is 28.2 Å². The van der Waals surface area contributed by atoms with Crippen LogP contribution in [0.15, 0.2) is 18.2 Å². The number of halogens is 2. The Hall–Kier alpha value is -1.11. The Bertz CT molecular complexity index is 905. The maximum absolute atomic E-state index is 12.7. The van der Waals surface area contributed by atoms with E-state index in [0.29, 0.717) is 35.0 Å². The van der Waals surface area contributed by atoms with E-state index in [0.717, 1.165) is 0 Å². The molecule has 0 saturated heterocycles. The lowest BCUT2D eigenvalue weighted by molar-refractivity contribution is -0.128. The minimum atomic E-state index is -4.48. The lowest BCUT2D eigenvalue weighted by Crippen LogP contribution is -2.52. The monoisotopic (exact) mass is 418 g/mol. The summed E-state index contributed by atoms with van der Waals surface area (Å²) >= 11 is 11.8. The normalized spacial score (nSPS) is 34.7. The molecule has 10 heteroatoms. The summed E-state index contributed by atoms with van der Waals surface area (Å²) in [5, 5.41) is 6.36. The van der Waals surface area contributed by atoms with Crippen LogP contribution in [0.1, 0.15) is 26.2 Å². The fraction of sp³-hybridized carbons (Fsp3) is 0.500. The topological polar surface area (TPSA) is 116 Å². The minimum absolute atomic E-state index is 0.124. The molecule has 0 bridgehead atoms. The first-order valence-electron chi connectivity index (χ1n) is 8.10. The number of hydrogen-bond donors (Lipinski definition) is 4. The number of carbonyl (C=O) groups is 2. The van der Waals surface area contributed by atoms with E-state index >= 15 is 0 Å². The molecule has 3 aliphatic carbocycles. The Labute approximate surface area is 159 Å². The molecule has 1 spiro atoms. The van der Waals surface area contributed by atoms with E-state index < -0.39 is 30.1 Å². The third kappa shape index (κ3) is 2.31. The van der Waals surface area contributed by atoms with Crippen molar-refractivity contribution in [2.45, 2.75) is 37.4 Å². The summed E-state index contributed by atoms with van der Waals surface area (Å²) in [4.78, 5) is 43.1. The van der Waals surface area contributed by atoms with E-state index in [4.69, 9.17) is 33.0 Å². The number of rotatable bonds is 5. The van der Waals surface area contributed by atoms with Crippen LogP contribution in [0, 0.1) is 10.8 Å². The maximum Gasteiger partial charge on any atom is 0.337 e. The van der Waals surface area contributed by atoms with Gasteiger partial charge in [0.2, 0.25) is 11.8 Å². The van der Waals surface area contributed by atoms with Crippen molar-refractivity contribution in [2.75, 3.05) is 5.32 Å². The Balaban J connectivity index is 1.41. The highest BCUT2D eigenvalue weighted by atomic mass is 35.5. The van der Waals surface area contributed by atoms with E-state index in [1.807, 2.05) is 0 Å². The van der Waals surface area contributed by atoms with Crippen LogP contribution in [0.3, 0.4) is 0 Å². The van der Waals surface area contributed by atoms with Gasteiger partial charge in [0.1, 0.15) is 5.66 Å². The third-order valence-electron chi connectivity index (χ3n) is 6.25. The van der Waals surface area contributed by atoms with Crippen molar-refractivity contribution in [3.8, 4) is 0 Å². The smallest absolute Gasteiger partial charge is 0.337 e. The first-order valence-corrected chi connectivity index (χ1v) is 10.5. The zero-order valence-electron chi connectivity index (χ0n) is 13.8. The van der Waals surface area contributed by atoms with E-state index in [1.165, 1.54) is 6.92 Å². The molecule has 4 N–H and O–H groups in total. The van der Waals surface area contributed by atoms with Crippen LogP contribution in [-0.4, -0.2) is 32.8 Å². The van der Waals surface area contributed by atoms with Crippen LogP contribution in [0.4, 0.5) is 5.69 Å². The Morgan fingerprint density at radius 1 is 1.19 bits per heavy atom. The lowest BCUT2D eigenvalue weighted by Gasteiger charge is -2.34. The number of hydrogen-bond acceptors (Lipinski definition) is 3. The summed E-state index contributed by atoms with van der Waals surface area (Å²) in [5.41, 5.74) is -2.13. The molecule has 3 saturated carbocycles. The second kappa shape index (κ2) is 5.24. The maximum atomic E-state index is 12.7. The lowest BCUT2D eigenvalue weighted by atomic mass is 9.79. The number of carbonyl (C=O) groups excluding carboxylic acids is 2. The Morgan fingerprint density at radius 3 is 2.46 bits per heavy atom. The summed E-state index contributed by atoms with van der Waals surface area (Å²) in [7, 11) is -4.48. The van der Waals surface area contributed by atoms with Gasteiger partial charge in [-0.1, -0.05) is 23.2 Å². The van der Waals surface area contributed by atoms with Crippen molar-refractivity contribution in [2.24, 2.45) is 10.8 Å². The quantitative estimate of drug-likeness (QED) is 0.548. The van der Waals surface area contributed by atoms with E-state index in [2.05, 4.69) is 10.6 Å². The highest BCUT2D eigenvalue weighted by molar-refractivity contribution is 7.53. The molecule has 1 aromatic rings. The van der Waals surface area contributed by atoms with Gasteiger partial charge in [0, 0.05) is 16.6 Å². The summed E-state index contributed by atoms with van der Waals surface area (Å²) < 4.78 is 11.2. The molecule has 0 aliphatic heterocycles. The van der Waals surface area contributed by atoms with Crippen LogP contribution in [0.2, 0.25) is 10.0 Å². The van der Waals surface area contributed by atoms with Crippen LogP contribution >= 0.6 is 30.8 Å². The highest BCUT2D eigenvalue weighted by Crippen LogP contribution is 2.96. The third-order valence-corrected chi connectivity index (χ3v) is 8.23. The SMILES string of the molecule is CC(C(=O)NC12CC3(C(=O)Nc4ccc(Cl)c(Cl)c4)CC13C2)P(=O)(O)O. The first-order chi connectivity index (χ1) is 12.0. The van der Waals surface area contributed by atoms with Gasteiger partial charge in [-0.25, -0.2) is 0 Å². The molecule has 4 rings (SSSR count). The minimum Gasteiger partial charge on any atom is -0.349 e. The van der Waals surface area contributed by atoms with Gasteiger partial charge < -0.3 is 20.4 Å². The Kier molecular flexibility index (Phi) is 3.68. The van der Waals surface area contributed by atoms with Gasteiger partial charge in [0.15, 0.2) is 0 Å². The largest absolute Gasteiger partial charge is 0.349 e. The van der Waals surface area contributed by atoms with Crippen molar-refractivity contribution < 1.29 is 23.9 Å². The standard InChI is InChI=1S/C16H17Cl2N2O5P/c1-8(26(23,24)25)12(21)20-16-6-14(5-15(14,16)7-16)13(22)19-9-2-3-10(17)11(18)4-9/h2-4,8H,5-7H2,1H3,(H,19,22)(H,20,21)(H2,23,24,25). The fourth-order valence-corrected chi connectivity index (χ4v) is 5.24. The van der Waals surface area contributed by atoms with Crippen LogP contribution < -0.4 is 10.6 Å². The summed E-state index contributed by atoms with van der Waals surface area (Å²) in [5.74, 6) is -0.790. The van der Waals surface area contributed by atoms with Crippen molar-refractivity contribution in [3.63, 3.8) is 0 Å². The summed E-state index contributed by atoms with van der Waals surface area (Å²) in [6.07, 6.45) is 1.80. The van der Waals surface area contributed by atoms with E-state index in [1.54, 1.807) is 18.2 Å². The molecule has 2 amide bonds. The van der Waals surface area contributed by atoms with Gasteiger partial charge in [0.05, 0.1) is 15.5 Å². The molecule has 0 radical (unpaired) electrons. The zero-order chi connectivity index (χ0) is 19.1. The van der Waals surface area contributed by atoms with Crippen LogP contribution in [0.5, 0.6) is 0 Å². The summed E-state index contributed by atoms with van der Waals surface area (Å²) in [6, 6.07) is 4.85. The molecule has 3 aliphatic rings. The molecule has 0 heterocycles. The van der Waals surface area contributed by atoms with E-state index in [-0.39, 0.29) is 11.3 Å². The average Bonchev–Trinajstić information content (AvgIpc) is 3.29. The van der Waals surface area contributed by atoms with Gasteiger partial charge in [0.25, 0.3) is 0 Å². The van der Waals surface area contributed by atoms with Crippen molar-refractivity contribution in [1.29, 1.82) is 0 Å². The molecule has 3 fully saturated rings. The predicted octanol–water partition coefficient (Wildman–Crippen LogP) is 2.54. The number of anilines is 1. The van der Waals surface area contributed by atoms with Crippen LogP contribution in [-0.2, 0) is 14.2 Å². The molecular formula is C16H17Cl2N2O5P. The van der Waals surface area contributed by atoms with Gasteiger partial charge in [-0.15, -0.1) is 0 Å². The second-order valence-corrected chi connectivity index (χ2v) is 10.4. The molecule has 0 aromatic heterocycles. The average molecular weight is 419 g/mol. The molecule has 4 atom stereocenters. The van der Waals surface area contributed by atoms with Gasteiger partial charge in [-0.2, -0.15) is 0 Å². The van der Waals surface area contributed by atoms with Crippen LogP contribution in [0.25, 0.3) is 0 Å². The fourth-order valence-electron chi connectivity index (χ4n) is 4.58. The number of nitrogens with one attached hydrogen (secondary N) is 2. The van der Waals surface area contributed by atoms with Crippen molar-refractivity contribution >= 4 is 48.3 Å². The van der Waals surface area contributed by atoms with E-state index in [9.17, 15) is 14.2 Å². The van der Waals surface area contributed by atoms with Gasteiger partial charge >= 0.3 is 7.60 Å². The molecule has 4 unspecified atom stereocenters. The highest BCUT2D eigenvalue weighted by Gasteiger charge is 2.99. The second-order valence-electron chi connectivity index (χ2n) is 7.61. The van der Waals surface area contributed by atoms with Crippen molar-refractivity contribution in [1.82, 2.24) is 5.32 Å². The molecule has 140 valence electrons. The number of benzene rings is 1. The molecule has 7 nitrogen and oxygen atoms in total. The molecule has 1 aromatic carbocycles. The number of amides is 2. The van der Waals surface area contributed by atoms with Gasteiger partial charge in [-0.3, -0.25) is 14.2 Å². The summed E-state index contributed by atoms with van der Waals surface area (Å²) in [6.45, 7) is 1.21. The predicted molar refractivity (Wildman–Crippen MR) is 96.2 cm³/mol.